The number of hydrogen-bond donors (Lipinski definition) is 2. The van der Waals surface area contributed by atoms with Crippen molar-refractivity contribution in [3.8, 4) is 0 Å². The zero-order valence-electron chi connectivity index (χ0n) is 31.6. The second-order valence-corrected chi connectivity index (χ2v) is 18.5. The number of allylic oxidation sites excluding steroid dienone is 3. The van der Waals surface area contributed by atoms with Crippen LogP contribution in [0.25, 0.3) is 5.57 Å². The molecule has 5 nitrogen and oxygen atoms in total. The molecule has 9 atom stereocenters. The SMILES string of the molecule is C=C(C)[C@@H]1CC[C@]2(C(=O)CCCNCCC(C)=O)CC[C@]3(C)[C@H](CC[C@@H]4[C@@]5(C)CC=C(c6ccc(C(=O)O)cc6)C(C)(C)[C@@H]5CC[C@]43C)[C@@H]12. The lowest BCUT2D eigenvalue weighted by Crippen LogP contribution is -2.65. The largest absolute Gasteiger partial charge is 0.478 e. The van der Waals surface area contributed by atoms with Crippen LogP contribution in [0.1, 0.15) is 141 Å². The molecule has 268 valence electrons. The van der Waals surface area contributed by atoms with Gasteiger partial charge < -0.3 is 10.4 Å². The molecule has 4 saturated carbocycles. The molecule has 0 unspecified atom stereocenters. The quantitative estimate of drug-likeness (QED) is 0.181. The number of aromatic carboxylic acids is 1. The zero-order chi connectivity index (χ0) is 35.6. The summed E-state index contributed by atoms with van der Waals surface area (Å²) in [5, 5.41) is 12.9. The fourth-order valence-corrected chi connectivity index (χ4v) is 13.5. The molecule has 0 radical (unpaired) electrons. The molecule has 5 heteroatoms. The molecule has 0 amide bonds. The molecular weight excluding hydrogens is 606 g/mol. The van der Waals surface area contributed by atoms with Crippen LogP contribution >= 0.6 is 0 Å². The molecule has 49 heavy (non-hydrogen) atoms. The van der Waals surface area contributed by atoms with Crippen molar-refractivity contribution in [1.29, 1.82) is 0 Å². The van der Waals surface area contributed by atoms with Gasteiger partial charge in [-0.1, -0.05) is 65.0 Å². The van der Waals surface area contributed by atoms with Gasteiger partial charge in [0.1, 0.15) is 11.6 Å². The van der Waals surface area contributed by atoms with Crippen LogP contribution in [0.5, 0.6) is 0 Å². The predicted molar refractivity (Wildman–Crippen MR) is 198 cm³/mol. The van der Waals surface area contributed by atoms with E-state index in [0.717, 1.165) is 50.6 Å². The molecule has 5 aliphatic carbocycles. The van der Waals surface area contributed by atoms with Crippen LogP contribution < -0.4 is 5.32 Å². The summed E-state index contributed by atoms with van der Waals surface area (Å²) in [5.74, 6) is 2.38. The minimum Gasteiger partial charge on any atom is -0.478 e. The van der Waals surface area contributed by atoms with E-state index in [1.54, 1.807) is 19.1 Å². The van der Waals surface area contributed by atoms with Crippen molar-refractivity contribution in [2.45, 2.75) is 126 Å². The molecule has 4 fully saturated rings. The Labute approximate surface area is 296 Å². The highest BCUT2D eigenvalue weighted by Crippen LogP contribution is 2.78. The summed E-state index contributed by atoms with van der Waals surface area (Å²) in [6.07, 6.45) is 14.8. The van der Waals surface area contributed by atoms with Gasteiger partial charge in [0.05, 0.1) is 5.56 Å². The van der Waals surface area contributed by atoms with Crippen molar-refractivity contribution in [3.63, 3.8) is 0 Å². The third-order valence-electron chi connectivity index (χ3n) is 16.1. The van der Waals surface area contributed by atoms with E-state index in [1.807, 2.05) is 12.1 Å². The minimum atomic E-state index is -0.877. The van der Waals surface area contributed by atoms with Crippen molar-refractivity contribution in [1.82, 2.24) is 5.32 Å². The lowest BCUT2D eigenvalue weighted by atomic mass is 9.32. The average molecular weight is 670 g/mol. The molecule has 1 aromatic carbocycles. The second-order valence-electron chi connectivity index (χ2n) is 18.5. The summed E-state index contributed by atoms with van der Waals surface area (Å²) in [6, 6.07) is 7.54. The number of rotatable bonds is 11. The number of fused-ring (bicyclic) bond motifs is 7. The van der Waals surface area contributed by atoms with Gasteiger partial charge >= 0.3 is 5.97 Å². The molecule has 0 heterocycles. The fourth-order valence-electron chi connectivity index (χ4n) is 13.5. The average Bonchev–Trinajstić information content (AvgIpc) is 3.44. The number of benzene rings is 1. The zero-order valence-corrected chi connectivity index (χ0v) is 31.6. The third-order valence-corrected chi connectivity index (χ3v) is 16.1. The summed E-state index contributed by atoms with van der Waals surface area (Å²) in [5.41, 5.74) is 4.52. The summed E-state index contributed by atoms with van der Waals surface area (Å²) in [6.45, 7) is 22.7. The fraction of sp³-hybridized carbons (Fsp3) is 0.705. The van der Waals surface area contributed by atoms with Gasteiger partial charge in [-0.25, -0.2) is 4.79 Å². The first-order chi connectivity index (χ1) is 23.0. The molecule has 0 aromatic heterocycles. The van der Waals surface area contributed by atoms with E-state index in [1.165, 1.54) is 36.8 Å². The molecule has 0 aliphatic heterocycles. The molecular formula is C44H63NO4. The van der Waals surface area contributed by atoms with Gasteiger partial charge in [0.2, 0.25) is 0 Å². The molecule has 0 bridgehead atoms. The van der Waals surface area contributed by atoms with Crippen LogP contribution in [-0.2, 0) is 9.59 Å². The first-order valence-corrected chi connectivity index (χ1v) is 19.5. The number of carbonyl (C=O) groups is 3. The van der Waals surface area contributed by atoms with Gasteiger partial charge in [-0.3, -0.25) is 9.59 Å². The Morgan fingerprint density at radius 2 is 1.55 bits per heavy atom. The van der Waals surface area contributed by atoms with E-state index >= 15 is 0 Å². The first-order valence-electron chi connectivity index (χ1n) is 19.5. The van der Waals surface area contributed by atoms with Crippen LogP contribution in [0.4, 0.5) is 0 Å². The minimum absolute atomic E-state index is 0.0115. The summed E-state index contributed by atoms with van der Waals surface area (Å²) >= 11 is 0. The van der Waals surface area contributed by atoms with Crippen LogP contribution in [0.15, 0.2) is 42.5 Å². The van der Waals surface area contributed by atoms with Gasteiger partial charge in [-0.15, -0.1) is 0 Å². The number of carboxylic acids is 1. The number of carbonyl (C=O) groups excluding carboxylic acids is 2. The molecule has 0 spiro atoms. The van der Waals surface area contributed by atoms with Gasteiger partial charge in [0.25, 0.3) is 0 Å². The number of carboxylic acid groups (broad SMARTS) is 1. The van der Waals surface area contributed by atoms with E-state index in [4.69, 9.17) is 0 Å². The van der Waals surface area contributed by atoms with Crippen LogP contribution in [0, 0.1) is 56.7 Å². The van der Waals surface area contributed by atoms with E-state index in [2.05, 4.69) is 59.5 Å². The summed E-state index contributed by atoms with van der Waals surface area (Å²) < 4.78 is 0. The van der Waals surface area contributed by atoms with E-state index < -0.39 is 5.97 Å². The normalized spacial score (nSPS) is 39.1. The van der Waals surface area contributed by atoms with Crippen LogP contribution in [0.2, 0.25) is 0 Å². The Balaban J connectivity index is 1.27. The van der Waals surface area contributed by atoms with Crippen molar-refractivity contribution in [2.24, 2.45) is 56.7 Å². The van der Waals surface area contributed by atoms with Gasteiger partial charge in [0.15, 0.2) is 0 Å². The van der Waals surface area contributed by atoms with Crippen LogP contribution in [0.3, 0.4) is 0 Å². The van der Waals surface area contributed by atoms with E-state index in [9.17, 15) is 19.5 Å². The number of nitrogens with one attached hydrogen (secondary N) is 1. The lowest BCUT2D eigenvalue weighted by Gasteiger charge is -2.72. The molecule has 0 saturated heterocycles. The highest BCUT2D eigenvalue weighted by atomic mass is 16.4. The Morgan fingerprint density at radius 1 is 0.837 bits per heavy atom. The molecule has 6 rings (SSSR count). The standard InChI is InChI=1S/C44H63NO4/c1-28(2)32-17-23-44(37(47)10-9-26-45-27-20-29(3)46)25-24-42(7)34(38(32)44)15-16-36-41(6)21-18-33(30-11-13-31(14-12-30)39(48)49)40(4,5)35(41)19-22-43(36,42)8/h11-14,18,32,34-36,38,45H,1,9-10,15-17,19-27H2,2-8H3,(H,48,49)/t32-,34+,35-,36+,38+,41-,42+,43+,44+/m0/s1. The van der Waals surface area contributed by atoms with Crippen molar-refractivity contribution in [2.75, 3.05) is 13.1 Å². The first kappa shape index (κ1) is 36.3. The summed E-state index contributed by atoms with van der Waals surface area (Å²) in [4.78, 5) is 37.3. The Bertz CT molecular complexity index is 1520. The lowest BCUT2D eigenvalue weighted by molar-refractivity contribution is -0.224. The topological polar surface area (TPSA) is 83.5 Å². The van der Waals surface area contributed by atoms with E-state index in [0.29, 0.717) is 60.3 Å². The number of ketones is 2. The highest BCUT2D eigenvalue weighted by molar-refractivity contribution is 5.88. The maximum absolute atomic E-state index is 14.4. The van der Waals surface area contributed by atoms with E-state index in [-0.39, 0.29) is 32.9 Å². The van der Waals surface area contributed by atoms with Crippen molar-refractivity contribution < 1.29 is 19.5 Å². The maximum Gasteiger partial charge on any atom is 0.335 e. The predicted octanol–water partition coefficient (Wildman–Crippen LogP) is 9.95. The van der Waals surface area contributed by atoms with Gasteiger partial charge in [-0.05, 0) is 159 Å². The molecule has 1 aromatic rings. The number of hydrogen-bond acceptors (Lipinski definition) is 4. The molecule has 2 N–H and O–H groups in total. The van der Waals surface area contributed by atoms with Crippen molar-refractivity contribution >= 4 is 23.1 Å². The maximum atomic E-state index is 14.4. The second kappa shape index (κ2) is 12.9. The monoisotopic (exact) mass is 669 g/mol. The Kier molecular flexibility index (Phi) is 9.55. The van der Waals surface area contributed by atoms with Gasteiger partial charge in [0, 0.05) is 24.8 Å². The smallest absolute Gasteiger partial charge is 0.335 e. The molecule has 5 aliphatic rings. The Hall–Kier alpha value is -2.53. The highest BCUT2D eigenvalue weighted by Gasteiger charge is 2.71. The van der Waals surface area contributed by atoms with Crippen LogP contribution in [-0.4, -0.2) is 35.7 Å². The Morgan fingerprint density at radius 3 is 2.20 bits per heavy atom. The third kappa shape index (κ3) is 5.64. The van der Waals surface area contributed by atoms with Gasteiger partial charge in [-0.2, -0.15) is 0 Å². The van der Waals surface area contributed by atoms with Crippen molar-refractivity contribution in [3.05, 3.63) is 53.6 Å². The number of Topliss-reactive ketones (excluding diaryl/α,β-unsaturated/α-hetero) is 2. The summed E-state index contributed by atoms with van der Waals surface area (Å²) in [7, 11) is 0.